The van der Waals surface area contributed by atoms with Crippen LogP contribution in [0.5, 0.6) is 0 Å². The molecule has 5 aliphatic rings. The summed E-state index contributed by atoms with van der Waals surface area (Å²) in [6, 6.07) is 0. The van der Waals surface area contributed by atoms with Crippen LogP contribution in [0.4, 0.5) is 13.2 Å². The zero-order valence-electron chi connectivity index (χ0n) is 25.7. The number of hydrogen-bond donors (Lipinski definition) is 1. The van der Waals surface area contributed by atoms with Crippen LogP contribution in [0.2, 0.25) is 0 Å². The van der Waals surface area contributed by atoms with E-state index >= 15 is 0 Å². The number of halogens is 3. The van der Waals surface area contributed by atoms with E-state index in [0.717, 1.165) is 12.8 Å². The summed E-state index contributed by atoms with van der Waals surface area (Å²) in [6.45, 7) is 22.0. The molecule has 0 aromatic rings. The zero-order valence-corrected chi connectivity index (χ0v) is 26.5. The van der Waals surface area contributed by atoms with Crippen LogP contribution in [-0.2, 0) is 19.6 Å². The third-order valence-electron chi connectivity index (χ3n) is 12.5. The van der Waals surface area contributed by atoms with Crippen molar-refractivity contribution in [2.24, 2.45) is 38.9 Å². The van der Waals surface area contributed by atoms with E-state index in [0.29, 0.717) is 43.9 Å². The molecule has 0 heterocycles. The fourth-order valence-corrected chi connectivity index (χ4v) is 11.7. The number of nitrogens with one attached hydrogen (secondary N) is 1. The SMILES string of the molecule is [C-]#[N+]C1=C[C@]2(C)[C@H]3CC(=O)[C]4[C]5CC(C)(C)CC[C@]5(NS(=O)(=O)CC(F)(F)F)CC[C@@]4(C)[C@]3(C)CC[C@H]2C(C)(C)C1=O. The highest BCUT2D eigenvalue weighted by Gasteiger charge is 2.73. The molecule has 6 nitrogen and oxygen atoms in total. The Kier molecular flexibility index (Phi) is 6.91. The van der Waals surface area contributed by atoms with Gasteiger partial charge in [0.25, 0.3) is 0 Å². The molecule has 5 rings (SSSR count). The Morgan fingerprint density at radius 3 is 2.19 bits per heavy atom. The van der Waals surface area contributed by atoms with Gasteiger partial charge in [0.1, 0.15) is 5.78 Å². The Morgan fingerprint density at radius 1 is 0.976 bits per heavy atom. The Bertz CT molecular complexity index is 1390. The van der Waals surface area contributed by atoms with E-state index in [-0.39, 0.29) is 40.9 Å². The van der Waals surface area contributed by atoms with E-state index in [9.17, 15) is 31.2 Å². The lowest BCUT2D eigenvalue weighted by Gasteiger charge is -2.71. The van der Waals surface area contributed by atoms with Crippen molar-refractivity contribution in [2.75, 3.05) is 5.75 Å². The Labute approximate surface area is 248 Å². The molecule has 2 radical (unpaired) electrons. The summed E-state index contributed by atoms with van der Waals surface area (Å²) in [4.78, 5) is 31.3. The van der Waals surface area contributed by atoms with Crippen molar-refractivity contribution in [3.05, 3.63) is 35.0 Å². The quantitative estimate of drug-likeness (QED) is 0.358. The summed E-state index contributed by atoms with van der Waals surface area (Å²) >= 11 is 0. The van der Waals surface area contributed by atoms with E-state index in [1.165, 1.54) is 0 Å². The second kappa shape index (κ2) is 9.15. The predicted octanol–water partition coefficient (Wildman–Crippen LogP) is 6.79. The van der Waals surface area contributed by atoms with Gasteiger partial charge in [-0.05, 0) is 78.4 Å². The van der Waals surface area contributed by atoms with Gasteiger partial charge in [-0.3, -0.25) is 4.79 Å². The van der Waals surface area contributed by atoms with Crippen LogP contribution in [-0.4, -0.2) is 37.5 Å². The topological polar surface area (TPSA) is 84.7 Å². The molecule has 42 heavy (non-hydrogen) atoms. The van der Waals surface area contributed by atoms with E-state index in [4.69, 9.17) is 6.57 Å². The van der Waals surface area contributed by atoms with Gasteiger partial charge in [-0.15, -0.1) is 0 Å². The van der Waals surface area contributed by atoms with Gasteiger partial charge in [-0.2, -0.15) is 13.2 Å². The average Bonchev–Trinajstić information content (AvgIpc) is 2.82. The molecule has 10 heteroatoms. The Hall–Kier alpha value is -1.73. The van der Waals surface area contributed by atoms with Crippen LogP contribution in [0.3, 0.4) is 0 Å². The molecule has 0 aromatic heterocycles. The molecule has 5 aliphatic carbocycles. The monoisotopic (exact) mass is 608 g/mol. The minimum absolute atomic E-state index is 0.0443. The van der Waals surface area contributed by atoms with Gasteiger partial charge in [0, 0.05) is 23.3 Å². The summed E-state index contributed by atoms with van der Waals surface area (Å²) in [7, 11) is -4.71. The lowest BCUT2D eigenvalue weighted by Crippen LogP contribution is -2.70. The lowest BCUT2D eigenvalue weighted by atomic mass is 9.32. The number of carbonyl (C=O) groups excluding carboxylic acids is 2. The molecule has 1 N–H and O–H groups in total. The summed E-state index contributed by atoms with van der Waals surface area (Å²) in [5, 5.41) is 0. The maximum atomic E-state index is 14.5. The van der Waals surface area contributed by atoms with Crippen LogP contribution in [0, 0.1) is 57.3 Å². The normalized spacial score (nSPS) is 42.0. The van der Waals surface area contributed by atoms with Crippen molar-refractivity contribution >= 4 is 21.6 Å². The number of carbonyl (C=O) groups is 2. The van der Waals surface area contributed by atoms with Crippen LogP contribution in [0.15, 0.2) is 11.8 Å². The standard InChI is InChI=1S/C32H43F3N2O4S/c1-26(2)11-13-31(37-42(40,41)18-32(33,34)35)14-12-30(7)24(19(31)16-26)21(38)15-23-28(5)17-20(36-8)25(39)27(3,4)22(28)9-10-29(23,30)6/h17,22-23,37H,9-16,18H2,1-7H3/t22-,23+,28-,29+,30+,31-/m0/s1. The number of Topliss-reactive ketones (excluding diaryl/α,β-unsaturated/α-hetero) is 2. The fraction of sp³-hybridized carbons (Fsp3) is 0.781. The minimum Gasteiger partial charge on any atom is -0.307 e. The molecule has 6 atom stereocenters. The van der Waals surface area contributed by atoms with Crippen molar-refractivity contribution in [2.45, 2.75) is 112 Å². The molecule has 4 saturated carbocycles. The highest BCUT2D eigenvalue weighted by molar-refractivity contribution is 7.89. The maximum Gasteiger partial charge on any atom is 0.404 e. The van der Waals surface area contributed by atoms with Gasteiger partial charge in [0.15, 0.2) is 11.5 Å². The van der Waals surface area contributed by atoms with Crippen LogP contribution >= 0.6 is 0 Å². The molecule has 4 fully saturated rings. The van der Waals surface area contributed by atoms with Gasteiger partial charge in [0.2, 0.25) is 15.7 Å². The zero-order chi connectivity index (χ0) is 31.5. The molecular weight excluding hydrogens is 565 g/mol. The smallest absolute Gasteiger partial charge is 0.307 e. The van der Waals surface area contributed by atoms with Crippen molar-refractivity contribution in [3.63, 3.8) is 0 Å². The number of nitrogens with zero attached hydrogens (tertiary/aromatic N) is 1. The Morgan fingerprint density at radius 2 is 1.60 bits per heavy atom. The van der Waals surface area contributed by atoms with E-state index in [2.05, 4.69) is 44.2 Å². The second-order valence-electron chi connectivity index (χ2n) is 15.8. The predicted molar refractivity (Wildman–Crippen MR) is 153 cm³/mol. The lowest BCUT2D eigenvalue weighted by molar-refractivity contribution is -0.172. The third kappa shape index (κ3) is 4.45. The summed E-state index contributed by atoms with van der Waals surface area (Å²) in [6.07, 6.45) is 0.811. The van der Waals surface area contributed by atoms with Gasteiger partial charge in [-0.1, -0.05) is 54.5 Å². The van der Waals surface area contributed by atoms with E-state index < -0.39 is 49.2 Å². The fourth-order valence-electron chi connectivity index (χ4n) is 10.2. The number of hydrogen-bond acceptors (Lipinski definition) is 4. The van der Waals surface area contributed by atoms with Gasteiger partial charge in [0.05, 0.1) is 12.5 Å². The molecule has 0 aliphatic heterocycles. The largest absolute Gasteiger partial charge is 0.404 e. The second-order valence-corrected chi connectivity index (χ2v) is 17.6. The number of allylic oxidation sites excluding steroid dienone is 2. The van der Waals surface area contributed by atoms with E-state index in [1.807, 2.05) is 19.9 Å². The maximum absolute atomic E-state index is 14.5. The molecule has 0 spiro atoms. The Balaban J connectivity index is 1.60. The first-order chi connectivity index (χ1) is 19.0. The average molecular weight is 609 g/mol. The first kappa shape index (κ1) is 31.7. The van der Waals surface area contributed by atoms with Crippen molar-refractivity contribution < 1.29 is 31.2 Å². The van der Waals surface area contributed by atoms with Crippen LogP contribution < -0.4 is 4.72 Å². The molecule has 0 unspecified atom stereocenters. The molecule has 0 aromatic carbocycles. The molecule has 232 valence electrons. The molecule has 0 bridgehead atoms. The summed E-state index contributed by atoms with van der Waals surface area (Å²) < 4.78 is 68.0. The number of fused-ring (bicyclic) bond motifs is 7. The van der Waals surface area contributed by atoms with Crippen LogP contribution in [0.25, 0.3) is 4.85 Å². The van der Waals surface area contributed by atoms with Gasteiger partial charge < -0.3 is 4.79 Å². The van der Waals surface area contributed by atoms with Crippen molar-refractivity contribution in [3.8, 4) is 0 Å². The van der Waals surface area contributed by atoms with E-state index in [1.54, 1.807) is 0 Å². The highest BCUT2D eigenvalue weighted by atomic mass is 32.2. The minimum atomic E-state index is -4.88. The number of rotatable bonds is 3. The van der Waals surface area contributed by atoms with Crippen molar-refractivity contribution in [1.82, 2.24) is 4.72 Å². The third-order valence-corrected chi connectivity index (χ3v) is 13.9. The van der Waals surface area contributed by atoms with Crippen molar-refractivity contribution in [1.29, 1.82) is 0 Å². The summed E-state index contributed by atoms with van der Waals surface area (Å²) in [5.41, 5.74) is -3.71. The molecule has 0 amide bonds. The van der Waals surface area contributed by atoms with Gasteiger partial charge in [-0.25, -0.2) is 18.0 Å². The number of ketones is 2. The number of alkyl halides is 3. The molecule has 0 saturated heterocycles. The highest BCUT2D eigenvalue weighted by Crippen LogP contribution is 2.75. The number of sulfonamides is 1. The first-order valence-corrected chi connectivity index (χ1v) is 16.6. The van der Waals surface area contributed by atoms with Crippen LogP contribution in [0.1, 0.15) is 99.8 Å². The molecular formula is C32H43F3N2O4S. The summed E-state index contributed by atoms with van der Waals surface area (Å²) in [5.74, 6) is -1.11. The first-order valence-electron chi connectivity index (χ1n) is 15.0. The van der Waals surface area contributed by atoms with Gasteiger partial charge >= 0.3 is 6.18 Å².